The first kappa shape index (κ1) is 12.3. The molecule has 88 valence electrons. The average molecular weight is 214 g/mol. The van der Waals surface area contributed by atoms with E-state index in [1.165, 1.54) is 32.1 Å². The molecule has 1 atom stereocenters. The summed E-state index contributed by atoms with van der Waals surface area (Å²) in [4.78, 5) is 11.0. The van der Waals surface area contributed by atoms with E-state index in [2.05, 4.69) is 5.32 Å². The van der Waals surface area contributed by atoms with Crippen LogP contribution in [0.3, 0.4) is 0 Å². The normalized spacial score (nSPS) is 19.6. The van der Waals surface area contributed by atoms with Crippen molar-refractivity contribution in [2.45, 2.75) is 45.1 Å². The zero-order valence-electron chi connectivity index (χ0n) is 9.50. The average Bonchev–Trinajstić information content (AvgIpc) is 2.27. The number of amides is 1. The van der Waals surface area contributed by atoms with Crippen LogP contribution < -0.4 is 11.1 Å². The molecule has 0 spiro atoms. The summed E-state index contributed by atoms with van der Waals surface area (Å²) >= 11 is 0. The van der Waals surface area contributed by atoms with Crippen LogP contribution in [-0.4, -0.2) is 25.3 Å². The van der Waals surface area contributed by atoms with Crippen molar-refractivity contribution in [1.29, 1.82) is 0 Å². The van der Waals surface area contributed by atoms with E-state index in [1.54, 1.807) is 0 Å². The Morgan fingerprint density at radius 1 is 1.47 bits per heavy atom. The third-order valence-electron chi connectivity index (χ3n) is 2.98. The van der Waals surface area contributed by atoms with Crippen LogP contribution in [0.5, 0.6) is 0 Å². The molecule has 4 nitrogen and oxygen atoms in total. The van der Waals surface area contributed by atoms with Gasteiger partial charge in [-0.2, -0.15) is 0 Å². The summed E-state index contributed by atoms with van der Waals surface area (Å²) < 4.78 is 5.02. The predicted molar refractivity (Wildman–Crippen MR) is 59.6 cm³/mol. The highest BCUT2D eigenvalue weighted by atomic mass is 16.5. The van der Waals surface area contributed by atoms with Gasteiger partial charge in [-0.15, -0.1) is 0 Å². The fourth-order valence-electron chi connectivity index (χ4n) is 2.07. The number of nitrogens with one attached hydrogen (secondary N) is 1. The molecule has 1 saturated carbocycles. The summed E-state index contributed by atoms with van der Waals surface area (Å²) in [5.41, 5.74) is 5.99. The molecule has 0 heterocycles. The maximum Gasteiger partial charge on any atom is 0.407 e. The molecule has 0 radical (unpaired) electrons. The van der Waals surface area contributed by atoms with E-state index in [0.29, 0.717) is 19.1 Å². The lowest BCUT2D eigenvalue weighted by atomic mass is 9.84. The van der Waals surface area contributed by atoms with Crippen LogP contribution in [0.25, 0.3) is 0 Å². The summed E-state index contributed by atoms with van der Waals surface area (Å²) in [5.74, 6) is 0.535. The zero-order valence-corrected chi connectivity index (χ0v) is 9.50. The van der Waals surface area contributed by atoms with Gasteiger partial charge in [-0.1, -0.05) is 19.3 Å². The zero-order chi connectivity index (χ0) is 11.1. The fraction of sp³-hybridized carbons (Fsp3) is 0.909. The van der Waals surface area contributed by atoms with Crippen LogP contribution in [0.1, 0.15) is 39.0 Å². The van der Waals surface area contributed by atoms with E-state index in [-0.39, 0.29) is 12.1 Å². The minimum atomic E-state index is -0.358. The fourth-order valence-corrected chi connectivity index (χ4v) is 2.07. The lowest BCUT2D eigenvalue weighted by molar-refractivity contribution is 0.124. The first-order valence-electron chi connectivity index (χ1n) is 5.90. The minimum Gasteiger partial charge on any atom is -0.448 e. The Hall–Kier alpha value is -0.770. The molecular weight excluding hydrogens is 192 g/mol. The van der Waals surface area contributed by atoms with Crippen molar-refractivity contribution < 1.29 is 9.53 Å². The Balaban J connectivity index is 2.16. The molecule has 0 saturated heterocycles. The molecule has 1 aliphatic carbocycles. The Morgan fingerprint density at radius 3 is 2.73 bits per heavy atom. The van der Waals surface area contributed by atoms with E-state index in [0.717, 1.165) is 0 Å². The minimum absolute atomic E-state index is 0.00732. The first-order valence-corrected chi connectivity index (χ1v) is 5.90. The number of nitrogens with two attached hydrogens (primary N) is 1. The molecule has 0 unspecified atom stereocenters. The van der Waals surface area contributed by atoms with Gasteiger partial charge in [0.05, 0.1) is 0 Å². The Labute approximate surface area is 91.5 Å². The summed E-state index contributed by atoms with van der Waals surface area (Å²) in [6.07, 6.45) is 5.85. The van der Waals surface area contributed by atoms with Crippen LogP contribution in [0.15, 0.2) is 0 Å². The maximum absolute atomic E-state index is 11.0. The number of rotatable bonds is 4. The lowest BCUT2D eigenvalue weighted by Crippen LogP contribution is -2.38. The van der Waals surface area contributed by atoms with E-state index in [4.69, 9.17) is 10.5 Å². The molecule has 0 aromatic rings. The first-order chi connectivity index (χ1) is 7.24. The van der Waals surface area contributed by atoms with Crippen molar-refractivity contribution in [3.63, 3.8) is 0 Å². The molecule has 4 heteroatoms. The molecular formula is C11H22N2O2. The summed E-state index contributed by atoms with van der Waals surface area (Å²) in [6, 6.07) is 0.00732. The van der Waals surface area contributed by atoms with E-state index in [1.807, 2.05) is 6.92 Å². The summed E-state index contributed by atoms with van der Waals surface area (Å²) in [6.45, 7) is 2.80. The SMILES string of the molecule is CCNC(=O)OC[C@@H](N)C1CCCCC1. The van der Waals surface area contributed by atoms with Gasteiger partial charge >= 0.3 is 6.09 Å². The van der Waals surface area contributed by atoms with E-state index < -0.39 is 0 Å². The smallest absolute Gasteiger partial charge is 0.407 e. The largest absolute Gasteiger partial charge is 0.448 e. The number of alkyl carbamates (subject to hydrolysis) is 1. The van der Waals surface area contributed by atoms with Crippen molar-refractivity contribution in [2.24, 2.45) is 11.7 Å². The van der Waals surface area contributed by atoms with Gasteiger partial charge in [0.15, 0.2) is 0 Å². The Kier molecular flexibility index (Phi) is 5.47. The molecule has 0 bridgehead atoms. The predicted octanol–water partition coefficient (Wildman–Crippen LogP) is 1.64. The van der Waals surface area contributed by atoms with E-state index in [9.17, 15) is 4.79 Å². The molecule has 0 aliphatic heterocycles. The molecule has 0 aromatic heterocycles. The molecule has 1 aliphatic rings. The summed E-state index contributed by atoms with van der Waals surface area (Å²) in [5, 5.41) is 2.59. The highest BCUT2D eigenvalue weighted by Crippen LogP contribution is 2.25. The molecule has 0 aromatic carbocycles. The van der Waals surface area contributed by atoms with Gasteiger partial charge in [0.1, 0.15) is 6.61 Å². The van der Waals surface area contributed by atoms with Gasteiger partial charge < -0.3 is 15.8 Å². The van der Waals surface area contributed by atoms with Crippen LogP contribution in [0.2, 0.25) is 0 Å². The molecule has 1 amide bonds. The van der Waals surface area contributed by atoms with Gasteiger partial charge in [0, 0.05) is 12.6 Å². The highest BCUT2D eigenvalue weighted by Gasteiger charge is 2.21. The lowest BCUT2D eigenvalue weighted by Gasteiger charge is -2.26. The van der Waals surface area contributed by atoms with Crippen molar-refractivity contribution >= 4 is 6.09 Å². The van der Waals surface area contributed by atoms with Gasteiger partial charge in [-0.05, 0) is 25.7 Å². The van der Waals surface area contributed by atoms with Gasteiger partial charge in [0.2, 0.25) is 0 Å². The molecule has 15 heavy (non-hydrogen) atoms. The van der Waals surface area contributed by atoms with Crippen LogP contribution in [0.4, 0.5) is 4.79 Å². The van der Waals surface area contributed by atoms with Crippen molar-refractivity contribution in [3.05, 3.63) is 0 Å². The molecule has 1 fully saturated rings. The topological polar surface area (TPSA) is 64.3 Å². The van der Waals surface area contributed by atoms with Crippen molar-refractivity contribution in [2.75, 3.05) is 13.2 Å². The highest BCUT2D eigenvalue weighted by molar-refractivity contribution is 5.66. The number of carbonyl (C=O) groups excluding carboxylic acids is 1. The Morgan fingerprint density at radius 2 is 2.13 bits per heavy atom. The third kappa shape index (κ3) is 4.51. The quantitative estimate of drug-likeness (QED) is 0.747. The second-order valence-electron chi connectivity index (χ2n) is 4.19. The second-order valence-corrected chi connectivity index (χ2v) is 4.19. The maximum atomic E-state index is 11.0. The van der Waals surface area contributed by atoms with Crippen LogP contribution in [-0.2, 0) is 4.74 Å². The van der Waals surface area contributed by atoms with Crippen molar-refractivity contribution in [3.8, 4) is 0 Å². The number of ether oxygens (including phenoxy) is 1. The van der Waals surface area contributed by atoms with Gasteiger partial charge in [0.25, 0.3) is 0 Å². The molecule has 3 N–H and O–H groups in total. The number of carbonyl (C=O) groups is 1. The third-order valence-corrected chi connectivity index (χ3v) is 2.98. The van der Waals surface area contributed by atoms with Crippen LogP contribution >= 0.6 is 0 Å². The van der Waals surface area contributed by atoms with Gasteiger partial charge in [-0.25, -0.2) is 4.79 Å². The summed E-state index contributed by atoms with van der Waals surface area (Å²) in [7, 11) is 0. The van der Waals surface area contributed by atoms with Gasteiger partial charge in [-0.3, -0.25) is 0 Å². The Bertz CT molecular complexity index is 191. The molecule has 1 rings (SSSR count). The monoisotopic (exact) mass is 214 g/mol. The number of hydrogen-bond donors (Lipinski definition) is 2. The van der Waals surface area contributed by atoms with Crippen LogP contribution in [0, 0.1) is 5.92 Å². The van der Waals surface area contributed by atoms with E-state index >= 15 is 0 Å². The standard InChI is InChI=1S/C11H22N2O2/c1-2-13-11(14)15-8-10(12)9-6-4-3-5-7-9/h9-10H,2-8,12H2,1H3,(H,13,14)/t10-/m1/s1. The second kappa shape index (κ2) is 6.67. The number of hydrogen-bond acceptors (Lipinski definition) is 3. The van der Waals surface area contributed by atoms with Crippen molar-refractivity contribution in [1.82, 2.24) is 5.32 Å².